The fraction of sp³-hybridized carbons (Fsp3) is 0.200. The van der Waals surface area contributed by atoms with Gasteiger partial charge in [-0.1, -0.05) is 30.3 Å². The molecule has 0 spiro atoms. The summed E-state index contributed by atoms with van der Waals surface area (Å²) in [6, 6.07) is 13.6. The first-order chi connectivity index (χ1) is 13.1. The normalized spacial score (nSPS) is 13.1. The number of hydrogen-bond acceptors (Lipinski definition) is 5. The average molecular weight is 378 g/mol. The van der Waals surface area contributed by atoms with Gasteiger partial charge in [-0.2, -0.15) is 4.37 Å². The van der Waals surface area contributed by atoms with E-state index in [0.717, 1.165) is 23.5 Å². The number of nitrogens with zero attached hydrogens (tertiary/aromatic N) is 3. The van der Waals surface area contributed by atoms with Gasteiger partial charge in [-0.25, -0.2) is 0 Å². The molecule has 1 N–H and O–H groups in total. The number of benzene rings is 1. The Labute approximate surface area is 161 Å². The Hall–Kier alpha value is -3.06. The molecule has 6 nitrogen and oxygen atoms in total. The first-order valence-electron chi connectivity index (χ1n) is 8.68. The summed E-state index contributed by atoms with van der Waals surface area (Å²) in [5.41, 5.74) is 4.03. The number of amides is 2. The second-order valence-electron chi connectivity index (χ2n) is 6.38. The van der Waals surface area contributed by atoms with Gasteiger partial charge in [-0.15, -0.1) is 0 Å². The van der Waals surface area contributed by atoms with E-state index in [-0.39, 0.29) is 11.8 Å². The summed E-state index contributed by atoms with van der Waals surface area (Å²) in [5.74, 6) is -0.363. The Morgan fingerprint density at radius 1 is 1.11 bits per heavy atom. The summed E-state index contributed by atoms with van der Waals surface area (Å²) >= 11 is 1.10. The van der Waals surface area contributed by atoms with Crippen LogP contribution >= 0.6 is 11.5 Å². The third-order valence-electron chi connectivity index (χ3n) is 4.51. The minimum absolute atomic E-state index is 0.118. The molecule has 4 rings (SSSR count). The van der Waals surface area contributed by atoms with Crippen molar-refractivity contribution in [3.8, 4) is 11.4 Å². The van der Waals surface area contributed by atoms with Gasteiger partial charge in [0.1, 0.15) is 10.6 Å². The minimum Gasteiger partial charge on any atom is -0.333 e. The fourth-order valence-corrected chi connectivity index (χ4v) is 4.03. The highest BCUT2D eigenvalue weighted by Crippen LogP contribution is 2.34. The van der Waals surface area contributed by atoms with E-state index in [9.17, 15) is 9.59 Å². The highest BCUT2D eigenvalue weighted by Gasteiger charge is 2.28. The van der Waals surface area contributed by atoms with Crippen molar-refractivity contribution in [2.24, 2.45) is 0 Å². The van der Waals surface area contributed by atoms with Crippen LogP contribution in [0.3, 0.4) is 0 Å². The molecule has 0 atom stereocenters. The van der Waals surface area contributed by atoms with Crippen LogP contribution in [0.15, 0.2) is 48.7 Å². The van der Waals surface area contributed by atoms with Gasteiger partial charge in [0.05, 0.1) is 11.4 Å². The Morgan fingerprint density at radius 2 is 1.89 bits per heavy atom. The molecule has 2 amide bonds. The van der Waals surface area contributed by atoms with Crippen LogP contribution in [0.5, 0.6) is 0 Å². The smallest absolute Gasteiger partial charge is 0.268 e. The maximum atomic E-state index is 13.2. The number of pyridine rings is 1. The lowest BCUT2D eigenvalue weighted by molar-refractivity contribution is -0.114. The molecule has 0 saturated carbocycles. The summed E-state index contributed by atoms with van der Waals surface area (Å²) in [6.07, 6.45) is 2.48. The number of carbonyl (C=O) groups excluding carboxylic acids is 2. The highest BCUT2D eigenvalue weighted by atomic mass is 32.1. The lowest BCUT2D eigenvalue weighted by Crippen LogP contribution is -2.35. The summed E-state index contributed by atoms with van der Waals surface area (Å²) in [7, 11) is 0. The van der Waals surface area contributed by atoms with E-state index in [2.05, 4.69) is 26.8 Å². The van der Waals surface area contributed by atoms with Crippen molar-refractivity contribution in [2.45, 2.75) is 19.9 Å². The second kappa shape index (κ2) is 7.28. The van der Waals surface area contributed by atoms with Gasteiger partial charge in [0.25, 0.3) is 5.91 Å². The van der Waals surface area contributed by atoms with Crippen molar-refractivity contribution < 1.29 is 9.59 Å². The minimum atomic E-state index is -0.245. The monoisotopic (exact) mass is 378 g/mol. The number of rotatable bonds is 3. The molecule has 0 aliphatic carbocycles. The van der Waals surface area contributed by atoms with Crippen LogP contribution in [0.4, 0.5) is 5.69 Å². The van der Waals surface area contributed by atoms with Gasteiger partial charge in [0, 0.05) is 26.2 Å². The van der Waals surface area contributed by atoms with Crippen LogP contribution in [0, 0.1) is 0 Å². The number of aromatic nitrogens is 2. The Balaban J connectivity index is 1.68. The third kappa shape index (κ3) is 3.46. The molecule has 1 aromatic carbocycles. The number of anilines is 1. The van der Waals surface area contributed by atoms with Crippen LogP contribution in [0.1, 0.15) is 27.7 Å². The van der Waals surface area contributed by atoms with E-state index in [1.165, 1.54) is 12.5 Å². The van der Waals surface area contributed by atoms with Gasteiger partial charge in [0.2, 0.25) is 5.91 Å². The van der Waals surface area contributed by atoms with E-state index in [4.69, 9.17) is 0 Å². The van der Waals surface area contributed by atoms with Gasteiger partial charge in [-0.3, -0.25) is 14.6 Å². The molecule has 0 fully saturated rings. The summed E-state index contributed by atoms with van der Waals surface area (Å²) in [5, 5.41) is 2.78. The molecule has 7 heteroatoms. The number of carbonyl (C=O) groups is 2. The molecular weight excluding hydrogens is 360 g/mol. The zero-order valence-corrected chi connectivity index (χ0v) is 15.6. The van der Waals surface area contributed by atoms with Gasteiger partial charge in [-0.05, 0) is 41.2 Å². The molecule has 27 heavy (non-hydrogen) atoms. The maximum Gasteiger partial charge on any atom is 0.268 e. The standard InChI is InChI=1S/C20H18N4O2S/c1-13(25)22-18-17(16-8-4-5-10-21-16)23-27-19(18)20(26)24-11-9-14-6-2-3-7-15(14)12-24/h2-8,10H,9,11-12H2,1H3,(H,22,25). The quantitative estimate of drug-likeness (QED) is 0.758. The van der Waals surface area contributed by atoms with Gasteiger partial charge >= 0.3 is 0 Å². The average Bonchev–Trinajstić information content (AvgIpc) is 3.10. The molecule has 0 saturated heterocycles. The molecule has 1 aliphatic rings. The molecule has 0 bridgehead atoms. The summed E-state index contributed by atoms with van der Waals surface area (Å²) in [6.45, 7) is 2.63. The van der Waals surface area contributed by atoms with Gasteiger partial charge in [0.15, 0.2) is 0 Å². The highest BCUT2D eigenvalue weighted by molar-refractivity contribution is 7.09. The lowest BCUT2D eigenvalue weighted by atomic mass is 10.00. The zero-order valence-electron chi connectivity index (χ0n) is 14.8. The molecule has 3 aromatic rings. The van der Waals surface area contributed by atoms with Crippen LogP contribution in [0.2, 0.25) is 0 Å². The molecule has 0 radical (unpaired) electrons. The van der Waals surface area contributed by atoms with Crippen molar-refractivity contribution in [3.05, 3.63) is 64.7 Å². The fourth-order valence-electron chi connectivity index (χ4n) is 3.22. The predicted octanol–water partition coefficient (Wildman–Crippen LogP) is 3.36. The lowest BCUT2D eigenvalue weighted by Gasteiger charge is -2.28. The van der Waals surface area contributed by atoms with E-state index < -0.39 is 0 Å². The Morgan fingerprint density at radius 3 is 2.63 bits per heavy atom. The topological polar surface area (TPSA) is 75.2 Å². The van der Waals surface area contributed by atoms with Crippen LogP contribution < -0.4 is 5.32 Å². The largest absolute Gasteiger partial charge is 0.333 e. The SMILES string of the molecule is CC(=O)Nc1c(-c2ccccn2)nsc1C(=O)N1CCc2ccccc2C1. The van der Waals surface area contributed by atoms with E-state index in [0.29, 0.717) is 35.0 Å². The van der Waals surface area contributed by atoms with Crippen molar-refractivity contribution in [1.29, 1.82) is 0 Å². The second-order valence-corrected chi connectivity index (χ2v) is 7.15. The number of fused-ring (bicyclic) bond motifs is 1. The van der Waals surface area contributed by atoms with E-state index in [1.54, 1.807) is 6.20 Å². The molecule has 2 aromatic heterocycles. The van der Waals surface area contributed by atoms with Crippen molar-refractivity contribution >= 4 is 29.0 Å². The van der Waals surface area contributed by atoms with Gasteiger partial charge < -0.3 is 10.2 Å². The van der Waals surface area contributed by atoms with Crippen molar-refractivity contribution in [3.63, 3.8) is 0 Å². The molecule has 136 valence electrons. The van der Waals surface area contributed by atoms with E-state index in [1.807, 2.05) is 35.2 Å². The maximum absolute atomic E-state index is 13.2. The predicted molar refractivity (Wildman–Crippen MR) is 105 cm³/mol. The number of hydrogen-bond donors (Lipinski definition) is 1. The van der Waals surface area contributed by atoms with E-state index >= 15 is 0 Å². The zero-order chi connectivity index (χ0) is 18.8. The molecule has 1 aliphatic heterocycles. The third-order valence-corrected chi connectivity index (χ3v) is 5.35. The van der Waals surface area contributed by atoms with Crippen LogP contribution in [-0.4, -0.2) is 32.6 Å². The first-order valence-corrected chi connectivity index (χ1v) is 9.45. The van der Waals surface area contributed by atoms with Crippen LogP contribution in [-0.2, 0) is 17.8 Å². The summed E-state index contributed by atoms with van der Waals surface area (Å²) < 4.78 is 4.42. The Bertz CT molecular complexity index is 1000. The number of nitrogens with one attached hydrogen (secondary N) is 1. The Kier molecular flexibility index (Phi) is 4.68. The van der Waals surface area contributed by atoms with Crippen LogP contribution in [0.25, 0.3) is 11.4 Å². The first kappa shape index (κ1) is 17.4. The molecular formula is C20H18N4O2S. The van der Waals surface area contributed by atoms with Crippen molar-refractivity contribution in [1.82, 2.24) is 14.3 Å². The summed E-state index contributed by atoms with van der Waals surface area (Å²) in [4.78, 5) is 31.5. The molecule has 0 unspecified atom stereocenters. The molecule has 3 heterocycles. The van der Waals surface area contributed by atoms with Crippen molar-refractivity contribution in [2.75, 3.05) is 11.9 Å².